The van der Waals surface area contributed by atoms with Gasteiger partial charge in [0.2, 0.25) is 10.0 Å². The Morgan fingerprint density at radius 2 is 2.00 bits per heavy atom. The van der Waals surface area contributed by atoms with Gasteiger partial charge in [0.1, 0.15) is 0 Å². The van der Waals surface area contributed by atoms with Gasteiger partial charge >= 0.3 is 0 Å². The molecule has 6 nitrogen and oxygen atoms in total. The van der Waals surface area contributed by atoms with E-state index in [4.69, 9.17) is 9.47 Å². The van der Waals surface area contributed by atoms with Gasteiger partial charge in [-0.3, -0.25) is 0 Å². The molecule has 0 heterocycles. The highest BCUT2D eigenvalue weighted by Crippen LogP contribution is 2.36. The summed E-state index contributed by atoms with van der Waals surface area (Å²) in [5.74, 6) is 1.39. The van der Waals surface area contributed by atoms with Crippen LogP contribution in [0.1, 0.15) is 18.9 Å². The predicted octanol–water partition coefficient (Wildman–Crippen LogP) is 1.89. The van der Waals surface area contributed by atoms with Crippen molar-refractivity contribution in [2.45, 2.75) is 19.9 Å². The number of methoxy groups -OCH3 is 1. The third kappa shape index (κ3) is 6.95. The number of hydrogen-bond donors (Lipinski definition) is 2. The summed E-state index contributed by atoms with van der Waals surface area (Å²) in [6.45, 7) is 4.31. The van der Waals surface area contributed by atoms with E-state index in [1.54, 1.807) is 7.11 Å². The SMILES string of the molecule is CCOc1c(Br)cc(CNCCCNS(C)(=O)=O)cc1OC. The van der Waals surface area contributed by atoms with Gasteiger partial charge in [-0.2, -0.15) is 0 Å². The van der Waals surface area contributed by atoms with E-state index in [9.17, 15) is 8.42 Å². The van der Waals surface area contributed by atoms with Gasteiger partial charge < -0.3 is 14.8 Å². The number of hydrogen-bond acceptors (Lipinski definition) is 5. The van der Waals surface area contributed by atoms with E-state index in [1.165, 1.54) is 0 Å². The van der Waals surface area contributed by atoms with Gasteiger partial charge in [-0.05, 0) is 53.5 Å². The molecule has 2 N–H and O–H groups in total. The van der Waals surface area contributed by atoms with Crippen molar-refractivity contribution < 1.29 is 17.9 Å². The van der Waals surface area contributed by atoms with Crippen LogP contribution in [0.5, 0.6) is 11.5 Å². The zero-order chi connectivity index (χ0) is 16.6. The van der Waals surface area contributed by atoms with Crippen LogP contribution in [-0.2, 0) is 16.6 Å². The Hall–Kier alpha value is -0.830. The van der Waals surface area contributed by atoms with Gasteiger partial charge in [-0.15, -0.1) is 0 Å². The molecule has 0 amide bonds. The number of halogens is 1. The Labute approximate surface area is 140 Å². The molecule has 0 aliphatic rings. The first-order valence-corrected chi connectivity index (χ1v) is 9.70. The normalized spacial score (nSPS) is 11.5. The van der Waals surface area contributed by atoms with E-state index in [0.717, 1.165) is 29.3 Å². The van der Waals surface area contributed by atoms with Crippen molar-refractivity contribution in [2.75, 3.05) is 33.1 Å². The van der Waals surface area contributed by atoms with Crippen molar-refractivity contribution in [1.82, 2.24) is 10.0 Å². The van der Waals surface area contributed by atoms with Crippen LogP contribution in [0.25, 0.3) is 0 Å². The van der Waals surface area contributed by atoms with Crippen molar-refractivity contribution in [3.8, 4) is 11.5 Å². The van der Waals surface area contributed by atoms with Crippen LogP contribution in [-0.4, -0.2) is 41.5 Å². The lowest BCUT2D eigenvalue weighted by Gasteiger charge is -2.13. The first-order valence-electron chi connectivity index (χ1n) is 7.02. The molecule has 0 saturated heterocycles. The second-order valence-electron chi connectivity index (χ2n) is 4.74. The topological polar surface area (TPSA) is 76.7 Å². The van der Waals surface area contributed by atoms with Crippen LogP contribution in [0.3, 0.4) is 0 Å². The molecule has 0 fully saturated rings. The highest BCUT2D eigenvalue weighted by molar-refractivity contribution is 9.10. The highest BCUT2D eigenvalue weighted by atomic mass is 79.9. The first-order chi connectivity index (χ1) is 10.4. The number of nitrogens with one attached hydrogen (secondary N) is 2. The van der Waals surface area contributed by atoms with Crippen LogP contribution < -0.4 is 19.5 Å². The Kier molecular flexibility index (Phi) is 8.16. The number of rotatable bonds is 10. The molecule has 0 unspecified atom stereocenters. The average Bonchev–Trinajstić information content (AvgIpc) is 2.44. The molecule has 1 aromatic rings. The lowest BCUT2D eigenvalue weighted by atomic mass is 10.2. The van der Waals surface area contributed by atoms with Gasteiger partial charge in [-0.1, -0.05) is 0 Å². The van der Waals surface area contributed by atoms with E-state index >= 15 is 0 Å². The van der Waals surface area contributed by atoms with Gasteiger partial charge in [0.05, 0.1) is 24.4 Å². The van der Waals surface area contributed by atoms with Gasteiger partial charge in [0.25, 0.3) is 0 Å². The summed E-state index contributed by atoms with van der Waals surface area (Å²) in [5.41, 5.74) is 1.06. The second kappa shape index (κ2) is 9.34. The van der Waals surface area contributed by atoms with Crippen LogP contribution in [0.15, 0.2) is 16.6 Å². The molecule has 0 bridgehead atoms. The Bertz CT molecular complexity index is 578. The fraction of sp³-hybridized carbons (Fsp3) is 0.571. The van der Waals surface area contributed by atoms with Crippen LogP contribution >= 0.6 is 15.9 Å². The second-order valence-corrected chi connectivity index (χ2v) is 7.43. The summed E-state index contributed by atoms with van der Waals surface area (Å²) in [4.78, 5) is 0. The van der Waals surface area contributed by atoms with E-state index in [0.29, 0.717) is 31.2 Å². The zero-order valence-corrected chi connectivity index (χ0v) is 15.5. The third-order valence-corrected chi connectivity index (χ3v) is 4.12. The largest absolute Gasteiger partial charge is 0.493 e. The van der Waals surface area contributed by atoms with Crippen LogP contribution in [0.4, 0.5) is 0 Å². The number of benzene rings is 1. The summed E-state index contributed by atoms with van der Waals surface area (Å²) >= 11 is 3.49. The molecule has 0 atom stereocenters. The fourth-order valence-corrected chi connectivity index (χ4v) is 2.98. The Morgan fingerprint density at radius 3 is 2.59 bits per heavy atom. The Morgan fingerprint density at radius 1 is 1.27 bits per heavy atom. The smallest absolute Gasteiger partial charge is 0.208 e. The van der Waals surface area contributed by atoms with Crippen molar-refractivity contribution in [3.05, 3.63) is 22.2 Å². The maximum atomic E-state index is 10.9. The molecule has 0 aromatic heterocycles. The summed E-state index contributed by atoms with van der Waals surface area (Å²) in [6.07, 6.45) is 1.88. The van der Waals surface area contributed by atoms with E-state index < -0.39 is 10.0 Å². The maximum Gasteiger partial charge on any atom is 0.208 e. The lowest BCUT2D eigenvalue weighted by Crippen LogP contribution is -2.26. The minimum atomic E-state index is -3.10. The monoisotopic (exact) mass is 394 g/mol. The molecule has 0 radical (unpaired) electrons. The van der Waals surface area contributed by atoms with E-state index in [2.05, 4.69) is 26.0 Å². The Balaban J connectivity index is 2.48. The maximum absolute atomic E-state index is 10.9. The molecule has 126 valence electrons. The molecule has 0 aliphatic carbocycles. The van der Waals surface area contributed by atoms with Crippen LogP contribution in [0.2, 0.25) is 0 Å². The fourth-order valence-electron chi connectivity index (χ4n) is 1.86. The molecule has 1 aromatic carbocycles. The molecule has 1 rings (SSSR count). The summed E-state index contributed by atoms with van der Waals surface area (Å²) in [7, 11) is -1.49. The summed E-state index contributed by atoms with van der Waals surface area (Å²) < 4.78 is 36.0. The summed E-state index contributed by atoms with van der Waals surface area (Å²) in [6, 6.07) is 3.91. The molecule has 0 aliphatic heterocycles. The third-order valence-electron chi connectivity index (χ3n) is 2.80. The summed E-state index contributed by atoms with van der Waals surface area (Å²) in [5, 5.41) is 3.27. The number of ether oxygens (including phenoxy) is 2. The number of sulfonamides is 1. The average molecular weight is 395 g/mol. The quantitative estimate of drug-likeness (QED) is 0.592. The standard InChI is InChI=1S/C14H23BrN2O4S/c1-4-21-14-12(15)8-11(9-13(14)20-2)10-16-6-5-7-17-22(3,18)19/h8-9,16-17H,4-7,10H2,1-3H3. The molecule has 0 spiro atoms. The zero-order valence-electron chi connectivity index (χ0n) is 13.1. The van der Waals surface area contributed by atoms with Crippen LogP contribution in [0, 0.1) is 0 Å². The van der Waals surface area contributed by atoms with E-state index in [1.807, 2.05) is 19.1 Å². The van der Waals surface area contributed by atoms with Gasteiger partial charge in [-0.25, -0.2) is 13.1 Å². The minimum Gasteiger partial charge on any atom is -0.493 e. The molecule has 22 heavy (non-hydrogen) atoms. The van der Waals surface area contributed by atoms with Crippen molar-refractivity contribution in [1.29, 1.82) is 0 Å². The minimum absolute atomic E-state index is 0.433. The van der Waals surface area contributed by atoms with E-state index in [-0.39, 0.29) is 0 Å². The van der Waals surface area contributed by atoms with Gasteiger partial charge in [0, 0.05) is 13.1 Å². The lowest BCUT2D eigenvalue weighted by molar-refractivity contribution is 0.308. The van der Waals surface area contributed by atoms with Crippen molar-refractivity contribution >= 4 is 26.0 Å². The highest BCUT2D eigenvalue weighted by Gasteiger charge is 2.11. The molecular weight excluding hydrogens is 372 g/mol. The molecular formula is C14H23BrN2O4S. The molecule has 0 saturated carbocycles. The predicted molar refractivity (Wildman–Crippen MR) is 91.0 cm³/mol. The molecule has 8 heteroatoms. The first kappa shape index (κ1) is 19.2. The van der Waals surface area contributed by atoms with Crippen molar-refractivity contribution in [3.63, 3.8) is 0 Å². The van der Waals surface area contributed by atoms with Crippen molar-refractivity contribution in [2.24, 2.45) is 0 Å². The van der Waals surface area contributed by atoms with Gasteiger partial charge in [0.15, 0.2) is 11.5 Å².